The zero-order chi connectivity index (χ0) is 30.0. The van der Waals surface area contributed by atoms with Crippen molar-refractivity contribution in [1.82, 2.24) is 6.15 Å². The van der Waals surface area contributed by atoms with Crippen molar-refractivity contribution in [2.45, 2.75) is 140 Å². The van der Waals surface area contributed by atoms with Crippen LogP contribution in [-0.4, -0.2) is 97.4 Å². The van der Waals surface area contributed by atoms with Gasteiger partial charge in [-0.05, 0) is 32.1 Å². The van der Waals surface area contributed by atoms with Gasteiger partial charge in [-0.1, -0.05) is 70.4 Å². The lowest BCUT2D eigenvalue weighted by molar-refractivity contribution is -0.220. The Bertz CT molecular complexity index is 742. The smallest absolute Gasteiger partial charge is 0.463 e. The van der Waals surface area contributed by atoms with Crippen LogP contribution in [0.1, 0.15) is 96.8 Å². The van der Waals surface area contributed by atoms with Crippen LogP contribution < -0.4 is 6.15 Å². The normalized spacial score (nSPS) is 26.8. The Kier molecular flexibility index (Phi) is 22.0. The van der Waals surface area contributed by atoms with E-state index >= 15 is 0 Å². The fourth-order valence-electron chi connectivity index (χ4n) is 4.34. The quantitative estimate of drug-likeness (QED) is 0.0378. The third kappa shape index (κ3) is 17.1. The molecule has 41 heavy (non-hydrogen) atoms. The molecule has 0 aliphatic heterocycles. The average molecular weight is 616 g/mol. The number of phosphoric acid groups is 1. The van der Waals surface area contributed by atoms with Gasteiger partial charge in [0.15, 0.2) is 0 Å². The number of rotatable bonds is 22. The van der Waals surface area contributed by atoms with E-state index in [1.54, 1.807) is 0 Å². The van der Waals surface area contributed by atoms with Crippen LogP contribution in [0.25, 0.3) is 0 Å². The number of ether oxygens (including phenoxy) is 1. The summed E-state index contributed by atoms with van der Waals surface area (Å²) in [7, 11) is -4.98. The van der Waals surface area contributed by atoms with Gasteiger partial charge >= 0.3 is 13.8 Å². The highest BCUT2D eigenvalue weighted by Crippen LogP contribution is 2.47. The van der Waals surface area contributed by atoms with Crippen molar-refractivity contribution in [2.75, 3.05) is 13.2 Å². The first-order valence-corrected chi connectivity index (χ1v) is 16.0. The molecule has 0 heterocycles. The number of hydrogen-bond donors (Lipinski definition) is 8. The first-order valence-electron chi connectivity index (χ1n) is 14.5. The molecule has 1 aliphatic rings. The highest BCUT2D eigenvalue weighted by molar-refractivity contribution is 7.47. The van der Waals surface area contributed by atoms with Crippen LogP contribution >= 0.6 is 7.82 Å². The van der Waals surface area contributed by atoms with E-state index in [1.807, 2.05) is 0 Å². The minimum atomic E-state index is -4.98. The maximum Gasteiger partial charge on any atom is 0.472 e. The zero-order valence-corrected chi connectivity index (χ0v) is 25.2. The van der Waals surface area contributed by atoms with Gasteiger partial charge in [-0.3, -0.25) is 13.8 Å². The molecule has 244 valence electrons. The van der Waals surface area contributed by atoms with Gasteiger partial charge in [0.2, 0.25) is 0 Å². The van der Waals surface area contributed by atoms with E-state index in [4.69, 9.17) is 4.74 Å². The Hall–Kier alpha value is -0.960. The Morgan fingerprint density at radius 3 is 1.76 bits per heavy atom. The second-order valence-corrected chi connectivity index (χ2v) is 11.9. The van der Waals surface area contributed by atoms with Crippen molar-refractivity contribution in [3.63, 3.8) is 0 Å². The summed E-state index contributed by atoms with van der Waals surface area (Å²) in [5, 5.41) is 58.5. The number of aliphatic hydroxyl groups excluding tert-OH is 6. The molecule has 14 heteroatoms. The Balaban J connectivity index is 0.0000160. The number of phosphoric ester groups is 1. The van der Waals surface area contributed by atoms with Gasteiger partial charge < -0.3 is 46.4 Å². The molecule has 6 atom stereocenters. The summed E-state index contributed by atoms with van der Waals surface area (Å²) < 4.78 is 26.3. The van der Waals surface area contributed by atoms with E-state index < -0.39 is 69.7 Å². The van der Waals surface area contributed by atoms with E-state index in [0.29, 0.717) is 6.42 Å². The van der Waals surface area contributed by atoms with E-state index in [9.17, 15) is 44.9 Å². The van der Waals surface area contributed by atoms with Crippen LogP contribution in [0.3, 0.4) is 0 Å². The number of allylic oxidation sites excluding steroid dienone is 2. The molecule has 1 saturated carbocycles. The lowest BCUT2D eigenvalue weighted by Gasteiger charge is -2.41. The molecule has 6 unspecified atom stereocenters. The van der Waals surface area contributed by atoms with Gasteiger partial charge in [0.05, 0.1) is 6.61 Å². The van der Waals surface area contributed by atoms with Crippen molar-refractivity contribution in [1.29, 1.82) is 0 Å². The van der Waals surface area contributed by atoms with Crippen molar-refractivity contribution in [3.05, 3.63) is 12.2 Å². The predicted octanol–water partition coefficient (Wildman–Crippen LogP) is 2.41. The standard InChI is InChI=1S/C27H51O12P.H3N/c1-2-3-4-5-6-7-8-9-10-11-12-13-14-15-16-17-21(29)37-18-20(28)19-38-40(35,36)39-27-25(33)23(31)22(30)24(32)26(27)34;/h9-10,20,22-28,30-34H,2-8,11-19H2,1H3,(H,35,36);1H3. The predicted molar refractivity (Wildman–Crippen MR) is 152 cm³/mol. The maximum absolute atomic E-state index is 12.1. The van der Waals surface area contributed by atoms with E-state index in [0.717, 1.165) is 38.5 Å². The summed E-state index contributed by atoms with van der Waals surface area (Å²) in [6, 6.07) is 0. The molecule has 0 aromatic heterocycles. The van der Waals surface area contributed by atoms with Gasteiger partial charge in [0.1, 0.15) is 49.3 Å². The van der Waals surface area contributed by atoms with Crippen LogP contribution in [0.15, 0.2) is 12.2 Å². The molecule has 0 saturated heterocycles. The largest absolute Gasteiger partial charge is 0.472 e. The van der Waals surface area contributed by atoms with Crippen molar-refractivity contribution in [3.8, 4) is 0 Å². The molecule has 0 aromatic rings. The van der Waals surface area contributed by atoms with Gasteiger partial charge in [-0.25, -0.2) is 4.57 Å². The SMILES string of the molecule is CCCCCCCCC=CCCCCCCCC(=O)OCC(O)COP(=O)(O)OC1C(O)C(O)C(O)C(O)C1O.N. The van der Waals surface area contributed by atoms with E-state index in [-0.39, 0.29) is 12.6 Å². The van der Waals surface area contributed by atoms with Gasteiger partial charge in [-0.15, -0.1) is 0 Å². The minimum absolute atomic E-state index is 0. The summed E-state index contributed by atoms with van der Waals surface area (Å²) in [4.78, 5) is 21.7. The fraction of sp³-hybridized carbons (Fsp3) is 0.889. The van der Waals surface area contributed by atoms with Crippen LogP contribution in [0.4, 0.5) is 0 Å². The molecule has 0 bridgehead atoms. The van der Waals surface area contributed by atoms with Gasteiger partial charge in [0.25, 0.3) is 0 Å². The van der Waals surface area contributed by atoms with Gasteiger partial charge in [0, 0.05) is 6.42 Å². The molecule has 0 radical (unpaired) electrons. The molecule has 1 rings (SSSR count). The van der Waals surface area contributed by atoms with Crippen LogP contribution in [0.5, 0.6) is 0 Å². The molecule has 1 fully saturated rings. The van der Waals surface area contributed by atoms with Gasteiger partial charge in [-0.2, -0.15) is 0 Å². The molecule has 10 N–H and O–H groups in total. The molecule has 13 nitrogen and oxygen atoms in total. The lowest BCUT2D eigenvalue weighted by atomic mass is 9.85. The number of aliphatic hydroxyl groups is 6. The first kappa shape index (κ1) is 40.0. The average Bonchev–Trinajstić information content (AvgIpc) is 2.93. The summed E-state index contributed by atoms with van der Waals surface area (Å²) in [5.41, 5.74) is 0. The minimum Gasteiger partial charge on any atom is -0.463 e. The van der Waals surface area contributed by atoms with Crippen molar-refractivity contribution in [2.24, 2.45) is 0 Å². The third-order valence-electron chi connectivity index (χ3n) is 6.84. The lowest BCUT2D eigenvalue weighted by Crippen LogP contribution is -2.64. The number of unbranched alkanes of at least 4 members (excludes halogenated alkanes) is 11. The molecule has 0 spiro atoms. The molecule has 1 aliphatic carbocycles. The van der Waals surface area contributed by atoms with E-state index in [1.165, 1.54) is 38.5 Å². The zero-order valence-electron chi connectivity index (χ0n) is 24.3. The summed E-state index contributed by atoms with van der Waals surface area (Å²) >= 11 is 0. The number of hydrogen-bond acceptors (Lipinski definition) is 12. The monoisotopic (exact) mass is 615 g/mol. The topological polar surface area (TPSA) is 238 Å². The van der Waals surface area contributed by atoms with Crippen molar-refractivity contribution < 1.29 is 58.7 Å². The highest BCUT2D eigenvalue weighted by Gasteiger charge is 2.51. The Labute approximate surface area is 243 Å². The third-order valence-corrected chi connectivity index (χ3v) is 7.82. The van der Waals surface area contributed by atoms with E-state index in [2.05, 4.69) is 28.1 Å². The number of esters is 1. The maximum atomic E-state index is 12.1. The van der Waals surface area contributed by atoms with Crippen LogP contribution in [0.2, 0.25) is 0 Å². The highest BCUT2D eigenvalue weighted by atomic mass is 31.2. The Morgan fingerprint density at radius 1 is 0.756 bits per heavy atom. The summed E-state index contributed by atoms with van der Waals surface area (Å²) in [5.74, 6) is -0.518. The second-order valence-electron chi connectivity index (χ2n) is 10.5. The van der Waals surface area contributed by atoms with Crippen molar-refractivity contribution >= 4 is 13.8 Å². The first-order chi connectivity index (χ1) is 19.0. The summed E-state index contributed by atoms with van der Waals surface area (Å²) in [6.07, 6.45) is 6.32. The molecule has 0 amide bonds. The molecular weight excluding hydrogens is 561 g/mol. The molecular formula is C27H54NO12P. The van der Waals surface area contributed by atoms with Crippen LogP contribution in [-0.2, 0) is 23.1 Å². The molecule has 0 aromatic carbocycles. The van der Waals surface area contributed by atoms with Crippen LogP contribution in [0, 0.1) is 0 Å². The Morgan fingerprint density at radius 2 is 1.22 bits per heavy atom. The second kappa shape index (κ2) is 22.6. The summed E-state index contributed by atoms with van der Waals surface area (Å²) in [6.45, 7) is 0.964. The fourth-order valence-corrected chi connectivity index (χ4v) is 5.31. The number of carbonyl (C=O) groups is 1. The number of carbonyl (C=O) groups excluding carboxylic acids is 1.